The molecule has 202 valence electrons. The van der Waals surface area contributed by atoms with Gasteiger partial charge in [0.1, 0.15) is 5.75 Å². The number of ether oxygens (including phenoxy) is 4. The molecular weight excluding hydrogens is 504 g/mol. The second-order valence-electron chi connectivity index (χ2n) is 7.73. The Morgan fingerprint density at radius 1 is 0.789 bits per heavy atom. The van der Waals surface area contributed by atoms with Gasteiger partial charge in [-0.05, 0) is 50.3 Å². The van der Waals surface area contributed by atoms with Gasteiger partial charge in [0.2, 0.25) is 0 Å². The highest BCUT2D eigenvalue weighted by Gasteiger charge is 2.20. The zero-order chi connectivity index (χ0) is 28.1. The van der Waals surface area contributed by atoms with Crippen molar-refractivity contribution in [3.8, 4) is 5.75 Å². The summed E-state index contributed by atoms with van der Waals surface area (Å²) in [6, 6.07) is 8.72. The number of non-ortho nitro benzene ring substituents is 2. The number of carbonyl (C=O) groups is 3. The number of benzene rings is 2. The van der Waals surface area contributed by atoms with Gasteiger partial charge in [-0.1, -0.05) is 18.7 Å². The second kappa shape index (κ2) is 14.7. The van der Waals surface area contributed by atoms with Gasteiger partial charge in [0.15, 0.2) is 0 Å². The molecule has 2 aromatic rings. The van der Waals surface area contributed by atoms with Gasteiger partial charge in [0, 0.05) is 12.1 Å². The van der Waals surface area contributed by atoms with Crippen LogP contribution in [0.5, 0.6) is 5.75 Å². The number of hydrogen-bond donors (Lipinski definition) is 0. The maximum absolute atomic E-state index is 12.2. The van der Waals surface area contributed by atoms with Crippen LogP contribution in [0.4, 0.5) is 16.2 Å². The molecule has 0 N–H and O–H groups in total. The van der Waals surface area contributed by atoms with E-state index in [2.05, 4.69) is 11.3 Å². The van der Waals surface area contributed by atoms with E-state index in [-0.39, 0.29) is 36.7 Å². The zero-order valence-electron chi connectivity index (χ0n) is 20.6. The predicted octanol–water partition coefficient (Wildman–Crippen LogP) is 5.01. The van der Waals surface area contributed by atoms with Crippen LogP contribution in [0.1, 0.15) is 48.5 Å². The Morgan fingerprint density at radius 2 is 1.34 bits per heavy atom. The van der Waals surface area contributed by atoms with Gasteiger partial charge in [-0.15, -0.1) is 0 Å². The van der Waals surface area contributed by atoms with Crippen LogP contribution in [-0.4, -0.2) is 47.8 Å². The van der Waals surface area contributed by atoms with Crippen LogP contribution in [0.2, 0.25) is 0 Å². The standard InChI is InChI=1S/C25H26N2O11/c1-3-35-25(30)38-22-10-8-18(9-11-22)17(2)23(28)36-12-6-4-5-7-13-37-24(29)19-14-20(26(31)32)16-21(15-19)27(33)34/h8-11,14-16H,2-7,12-13H2,1H3. The molecule has 13 heteroatoms. The van der Waals surface area contributed by atoms with Crippen molar-refractivity contribution in [2.75, 3.05) is 19.8 Å². The molecule has 0 saturated carbocycles. The number of nitrogens with zero attached hydrogens (tertiary/aromatic N) is 2. The minimum absolute atomic E-state index is 0.0157. The van der Waals surface area contributed by atoms with Gasteiger partial charge in [-0.2, -0.15) is 0 Å². The summed E-state index contributed by atoms with van der Waals surface area (Å²) in [6.45, 7) is 5.73. The first-order valence-corrected chi connectivity index (χ1v) is 11.5. The number of nitro benzene ring substituents is 2. The van der Waals surface area contributed by atoms with Crippen LogP contribution >= 0.6 is 0 Å². The van der Waals surface area contributed by atoms with E-state index in [4.69, 9.17) is 14.2 Å². The smallest absolute Gasteiger partial charge is 0.462 e. The molecule has 2 aromatic carbocycles. The maximum atomic E-state index is 12.2. The average Bonchev–Trinajstić information content (AvgIpc) is 2.89. The highest BCUT2D eigenvalue weighted by atomic mass is 16.7. The summed E-state index contributed by atoms with van der Waals surface area (Å²) in [7, 11) is 0. The Morgan fingerprint density at radius 3 is 1.87 bits per heavy atom. The van der Waals surface area contributed by atoms with Crippen molar-refractivity contribution in [2.45, 2.75) is 32.6 Å². The lowest BCUT2D eigenvalue weighted by Gasteiger charge is -2.09. The summed E-state index contributed by atoms with van der Waals surface area (Å²) < 4.78 is 19.9. The molecule has 0 fully saturated rings. The molecule has 0 aliphatic rings. The van der Waals surface area contributed by atoms with Gasteiger partial charge in [0.05, 0.1) is 46.9 Å². The Bertz CT molecular complexity index is 1160. The fourth-order valence-corrected chi connectivity index (χ4v) is 3.07. The van der Waals surface area contributed by atoms with Crippen LogP contribution in [0.3, 0.4) is 0 Å². The SMILES string of the molecule is C=C(C(=O)OCCCCCCOC(=O)c1cc([N+](=O)[O-])cc([N+](=O)[O-])c1)c1ccc(OC(=O)OCC)cc1. The van der Waals surface area contributed by atoms with Crippen LogP contribution in [-0.2, 0) is 19.0 Å². The fraction of sp³-hybridized carbons (Fsp3) is 0.320. The van der Waals surface area contributed by atoms with Crippen molar-refractivity contribution in [1.29, 1.82) is 0 Å². The van der Waals surface area contributed by atoms with E-state index in [1.165, 1.54) is 12.1 Å². The van der Waals surface area contributed by atoms with Crippen molar-refractivity contribution in [3.05, 3.63) is 80.4 Å². The van der Waals surface area contributed by atoms with Gasteiger partial charge >= 0.3 is 18.1 Å². The van der Waals surface area contributed by atoms with Crippen LogP contribution < -0.4 is 4.74 Å². The number of hydrogen-bond acceptors (Lipinski definition) is 11. The number of rotatable bonds is 14. The quantitative estimate of drug-likeness (QED) is 0.0610. The molecule has 0 bridgehead atoms. The Kier molecular flexibility index (Phi) is 11.4. The summed E-state index contributed by atoms with van der Waals surface area (Å²) in [6.07, 6.45) is 1.51. The largest absolute Gasteiger partial charge is 0.513 e. The summed E-state index contributed by atoms with van der Waals surface area (Å²) in [4.78, 5) is 55.8. The molecule has 0 aliphatic heterocycles. The highest BCUT2D eigenvalue weighted by Crippen LogP contribution is 2.23. The molecule has 0 amide bonds. The van der Waals surface area contributed by atoms with E-state index in [9.17, 15) is 34.6 Å². The first-order valence-electron chi connectivity index (χ1n) is 11.5. The van der Waals surface area contributed by atoms with E-state index in [1.807, 2.05) is 0 Å². The third-order valence-corrected chi connectivity index (χ3v) is 4.98. The van der Waals surface area contributed by atoms with Crippen molar-refractivity contribution < 1.29 is 43.2 Å². The molecule has 0 atom stereocenters. The third-order valence-electron chi connectivity index (χ3n) is 4.98. The molecule has 0 spiro atoms. The minimum atomic E-state index is -0.898. The topological polar surface area (TPSA) is 174 Å². The average molecular weight is 530 g/mol. The summed E-state index contributed by atoms with van der Waals surface area (Å²) >= 11 is 0. The van der Waals surface area contributed by atoms with E-state index in [0.717, 1.165) is 18.2 Å². The lowest BCUT2D eigenvalue weighted by molar-refractivity contribution is -0.394. The minimum Gasteiger partial charge on any atom is -0.462 e. The fourth-order valence-electron chi connectivity index (χ4n) is 3.07. The van der Waals surface area contributed by atoms with Crippen molar-refractivity contribution in [3.63, 3.8) is 0 Å². The molecule has 0 aliphatic carbocycles. The van der Waals surface area contributed by atoms with Gasteiger partial charge < -0.3 is 18.9 Å². The Labute approximate surface area is 217 Å². The lowest BCUT2D eigenvalue weighted by Crippen LogP contribution is -2.10. The van der Waals surface area contributed by atoms with E-state index >= 15 is 0 Å². The van der Waals surface area contributed by atoms with E-state index < -0.39 is 39.3 Å². The van der Waals surface area contributed by atoms with Crippen LogP contribution in [0, 0.1) is 20.2 Å². The highest BCUT2D eigenvalue weighted by molar-refractivity contribution is 6.15. The van der Waals surface area contributed by atoms with Crippen molar-refractivity contribution >= 4 is 35.0 Å². The molecule has 2 rings (SSSR count). The van der Waals surface area contributed by atoms with Crippen LogP contribution in [0.25, 0.3) is 5.57 Å². The van der Waals surface area contributed by atoms with E-state index in [0.29, 0.717) is 31.2 Å². The van der Waals surface area contributed by atoms with E-state index in [1.54, 1.807) is 19.1 Å². The monoisotopic (exact) mass is 530 g/mol. The van der Waals surface area contributed by atoms with Gasteiger partial charge in [0.25, 0.3) is 11.4 Å². The lowest BCUT2D eigenvalue weighted by atomic mass is 10.1. The normalized spacial score (nSPS) is 10.2. The number of carbonyl (C=O) groups excluding carboxylic acids is 3. The molecular formula is C25H26N2O11. The summed E-state index contributed by atoms with van der Waals surface area (Å²) in [5, 5.41) is 21.9. The van der Waals surface area contributed by atoms with Gasteiger partial charge in [-0.3, -0.25) is 20.2 Å². The number of esters is 2. The number of nitro groups is 2. The number of unbranched alkanes of at least 4 members (excludes halogenated alkanes) is 3. The maximum Gasteiger partial charge on any atom is 0.513 e. The molecule has 0 radical (unpaired) electrons. The summed E-state index contributed by atoms with van der Waals surface area (Å²) in [5.41, 5.74) is -0.797. The molecule has 0 heterocycles. The molecule has 13 nitrogen and oxygen atoms in total. The second-order valence-corrected chi connectivity index (χ2v) is 7.73. The Balaban J connectivity index is 1.66. The molecule has 38 heavy (non-hydrogen) atoms. The zero-order valence-corrected chi connectivity index (χ0v) is 20.6. The summed E-state index contributed by atoms with van der Waals surface area (Å²) in [5.74, 6) is -1.24. The first-order chi connectivity index (χ1) is 18.1. The third kappa shape index (κ3) is 9.33. The first kappa shape index (κ1) is 29.4. The van der Waals surface area contributed by atoms with Gasteiger partial charge in [-0.25, -0.2) is 14.4 Å². The molecule has 0 unspecified atom stereocenters. The Hall–Kier alpha value is -4.81. The van der Waals surface area contributed by atoms with Crippen LogP contribution in [0.15, 0.2) is 49.0 Å². The molecule has 0 aromatic heterocycles. The van der Waals surface area contributed by atoms with Crippen molar-refractivity contribution in [1.82, 2.24) is 0 Å². The predicted molar refractivity (Wildman–Crippen MR) is 133 cm³/mol. The van der Waals surface area contributed by atoms with Crippen molar-refractivity contribution in [2.24, 2.45) is 0 Å². The molecule has 0 saturated heterocycles.